The van der Waals surface area contributed by atoms with Crippen LogP contribution >= 0.6 is 11.3 Å². The summed E-state index contributed by atoms with van der Waals surface area (Å²) in [6.07, 6.45) is 6.92. The maximum atomic E-state index is 12.9. The van der Waals surface area contributed by atoms with E-state index in [1.54, 1.807) is 43.4 Å². The third-order valence-electron chi connectivity index (χ3n) is 5.68. The lowest BCUT2D eigenvalue weighted by Crippen LogP contribution is -2.33. The second kappa shape index (κ2) is 8.78. The van der Waals surface area contributed by atoms with Crippen molar-refractivity contribution in [2.24, 2.45) is 0 Å². The van der Waals surface area contributed by atoms with Crippen molar-refractivity contribution in [2.75, 3.05) is 11.4 Å². The van der Waals surface area contributed by atoms with Gasteiger partial charge in [-0.1, -0.05) is 43.9 Å². The lowest BCUT2D eigenvalue weighted by molar-refractivity contribution is 0.0937. The van der Waals surface area contributed by atoms with Gasteiger partial charge in [-0.15, -0.1) is 11.3 Å². The number of sulfonamides is 1. The van der Waals surface area contributed by atoms with E-state index in [1.807, 2.05) is 18.2 Å². The standard InChI is InChI=1S/C23H26N2O3S2/c1-25(30(27,28)20-11-7-4-8-12-20)19-13-14-21-17(15-19)16-22(29-21)23(26)24-18-9-5-2-3-6-10-18/h4,7-8,11-16,18H,2-3,5-6,9-10H2,1H3,(H,24,26). The lowest BCUT2D eigenvalue weighted by Gasteiger charge is -2.19. The monoisotopic (exact) mass is 442 g/mol. The zero-order chi connectivity index (χ0) is 21.1. The van der Waals surface area contributed by atoms with Gasteiger partial charge in [0.1, 0.15) is 0 Å². The normalized spacial score (nSPS) is 15.6. The number of hydrogen-bond donors (Lipinski definition) is 1. The number of carbonyl (C=O) groups excluding carboxylic acids is 1. The van der Waals surface area contributed by atoms with Crippen LogP contribution in [0.15, 0.2) is 59.5 Å². The van der Waals surface area contributed by atoms with Crippen molar-refractivity contribution in [3.63, 3.8) is 0 Å². The Morgan fingerprint density at radius 2 is 1.70 bits per heavy atom. The number of hydrogen-bond acceptors (Lipinski definition) is 4. The molecule has 1 amide bonds. The van der Waals surface area contributed by atoms with Gasteiger partial charge in [-0.05, 0) is 54.6 Å². The maximum Gasteiger partial charge on any atom is 0.264 e. The largest absolute Gasteiger partial charge is 0.349 e. The van der Waals surface area contributed by atoms with Crippen LogP contribution in [0.2, 0.25) is 0 Å². The zero-order valence-corrected chi connectivity index (χ0v) is 18.6. The van der Waals surface area contributed by atoms with Crippen LogP contribution in [-0.4, -0.2) is 27.4 Å². The third-order valence-corrected chi connectivity index (χ3v) is 8.59. The molecule has 1 N–H and O–H groups in total. The predicted molar refractivity (Wildman–Crippen MR) is 123 cm³/mol. The van der Waals surface area contributed by atoms with E-state index in [-0.39, 0.29) is 16.8 Å². The van der Waals surface area contributed by atoms with E-state index < -0.39 is 10.0 Å². The molecule has 0 unspecified atom stereocenters. The first-order valence-corrected chi connectivity index (χ1v) is 12.6. The highest BCUT2D eigenvalue weighted by Gasteiger charge is 2.22. The van der Waals surface area contributed by atoms with Crippen LogP contribution in [0.4, 0.5) is 5.69 Å². The summed E-state index contributed by atoms with van der Waals surface area (Å²) in [5.41, 5.74) is 0.569. The molecule has 0 aliphatic heterocycles. The Morgan fingerprint density at radius 3 is 2.40 bits per heavy atom. The Bertz CT molecular complexity index is 1130. The number of nitrogens with one attached hydrogen (secondary N) is 1. The van der Waals surface area contributed by atoms with Crippen molar-refractivity contribution in [2.45, 2.75) is 49.5 Å². The average Bonchev–Trinajstić information content (AvgIpc) is 3.03. The quantitative estimate of drug-likeness (QED) is 0.554. The van der Waals surface area contributed by atoms with Crippen LogP contribution in [0.3, 0.4) is 0 Å². The van der Waals surface area contributed by atoms with E-state index >= 15 is 0 Å². The minimum atomic E-state index is -3.64. The van der Waals surface area contributed by atoms with Crippen LogP contribution in [0, 0.1) is 0 Å². The van der Waals surface area contributed by atoms with Gasteiger partial charge in [0, 0.05) is 17.8 Å². The SMILES string of the molecule is CN(c1ccc2sc(C(=O)NC3CCCCCC3)cc2c1)S(=O)(=O)c1ccccc1. The van der Waals surface area contributed by atoms with Gasteiger partial charge in [0.25, 0.3) is 15.9 Å². The summed E-state index contributed by atoms with van der Waals surface area (Å²) in [5, 5.41) is 4.06. The smallest absolute Gasteiger partial charge is 0.264 e. The molecule has 5 nitrogen and oxygen atoms in total. The van der Waals surface area contributed by atoms with Crippen LogP contribution in [0.5, 0.6) is 0 Å². The number of anilines is 1. The van der Waals surface area contributed by atoms with Crippen LogP contribution < -0.4 is 9.62 Å². The number of rotatable bonds is 5. The fourth-order valence-corrected chi connectivity index (χ4v) is 6.06. The van der Waals surface area contributed by atoms with Gasteiger partial charge in [0.15, 0.2) is 0 Å². The fraction of sp³-hybridized carbons (Fsp3) is 0.348. The van der Waals surface area contributed by atoms with Crippen molar-refractivity contribution >= 4 is 43.0 Å². The summed E-state index contributed by atoms with van der Waals surface area (Å²) in [5.74, 6) is -0.0325. The molecule has 0 saturated heterocycles. The molecule has 1 aromatic heterocycles. The van der Waals surface area contributed by atoms with Gasteiger partial charge in [0.2, 0.25) is 0 Å². The van der Waals surface area contributed by atoms with E-state index in [0.29, 0.717) is 10.6 Å². The first-order valence-electron chi connectivity index (χ1n) is 10.3. The molecule has 1 saturated carbocycles. The average molecular weight is 443 g/mol. The van der Waals surface area contributed by atoms with E-state index in [1.165, 1.54) is 41.3 Å². The Hall–Kier alpha value is -2.38. The van der Waals surface area contributed by atoms with Gasteiger partial charge < -0.3 is 5.32 Å². The van der Waals surface area contributed by atoms with E-state index in [2.05, 4.69) is 5.32 Å². The van der Waals surface area contributed by atoms with E-state index in [0.717, 1.165) is 22.9 Å². The van der Waals surface area contributed by atoms with Gasteiger partial charge >= 0.3 is 0 Å². The van der Waals surface area contributed by atoms with Crippen molar-refractivity contribution < 1.29 is 13.2 Å². The lowest BCUT2D eigenvalue weighted by atomic mass is 10.1. The second-order valence-corrected chi connectivity index (χ2v) is 10.8. The Kier molecular flexibility index (Phi) is 6.11. The van der Waals surface area contributed by atoms with E-state index in [9.17, 15) is 13.2 Å². The molecule has 0 radical (unpaired) electrons. The molecule has 4 rings (SSSR count). The molecule has 1 fully saturated rings. The second-order valence-electron chi connectivity index (χ2n) is 7.78. The molecule has 1 aliphatic rings. The number of nitrogens with zero attached hydrogens (tertiary/aromatic N) is 1. The fourth-order valence-electron chi connectivity index (χ4n) is 3.91. The van der Waals surface area contributed by atoms with Crippen LogP contribution in [0.25, 0.3) is 10.1 Å². The Labute approximate surface area is 181 Å². The first-order chi connectivity index (χ1) is 14.4. The van der Waals surface area contributed by atoms with Gasteiger partial charge in [-0.2, -0.15) is 0 Å². The van der Waals surface area contributed by atoms with Gasteiger partial charge in [-0.25, -0.2) is 8.42 Å². The molecule has 1 heterocycles. The number of amides is 1. The molecule has 0 bridgehead atoms. The van der Waals surface area contributed by atoms with E-state index in [4.69, 9.17) is 0 Å². The summed E-state index contributed by atoms with van der Waals surface area (Å²) < 4.78 is 28.0. The summed E-state index contributed by atoms with van der Waals surface area (Å²) in [4.78, 5) is 13.7. The first kappa shape index (κ1) is 20.9. The summed E-state index contributed by atoms with van der Waals surface area (Å²) in [6, 6.07) is 16.0. The molecule has 1 aliphatic carbocycles. The van der Waals surface area contributed by atoms with Crippen molar-refractivity contribution in [1.29, 1.82) is 0 Å². The summed E-state index contributed by atoms with van der Waals surface area (Å²) in [7, 11) is -2.08. The molecule has 158 valence electrons. The summed E-state index contributed by atoms with van der Waals surface area (Å²) in [6.45, 7) is 0. The number of benzene rings is 2. The predicted octanol–water partition coefficient (Wildman–Crippen LogP) is 5.18. The molecule has 3 aromatic rings. The van der Waals surface area contributed by atoms with Crippen molar-refractivity contribution in [1.82, 2.24) is 5.32 Å². The minimum Gasteiger partial charge on any atom is -0.349 e. The van der Waals surface area contributed by atoms with Crippen molar-refractivity contribution in [3.8, 4) is 0 Å². The molecular weight excluding hydrogens is 416 g/mol. The summed E-state index contributed by atoms with van der Waals surface area (Å²) >= 11 is 1.44. The number of thiophene rings is 1. The molecule has 2 aromatic carbocycles. The highest BCUT2D eigenvalue weighted by Crippen LogP contribution is 2.31. The molecule has 7 heteroatoms. The topological polar surface area (TPSA) is 66.5 Å². The highest BCUT2D eigenvalue weighted by atomic mass is 32.2. The zero-order valence-electron chi connectivity index (χ0n) is 17.0. The molecule has 30 heavy (non-hydrogen) atoms. The third kappa shape index (κ3) is 4.37. The molecular formula is C23H26N2O3S2. The molecule has 0 spiro atoms. The highest BCUT2D eigenvalue weighted by molar-refractivity contribution is 7.92. The van der Waals surface area contributed by atoms with Crippen LogP contribution in [0.1, 0.15) is 48.2 Å². The van der Waals surface area contributed by atoms with Gasteiger partial charge in [-0.3, -0.25) is 9.10 Å². The Balaban J connectivity index is 1.55. The maximum absolute atomic E-state index is 12.9. The molecule has 0 atom stereocenters. The Morgan fingerprint density at radius 1 is 1.00 bits per heavy atom. The number of carbonyl (C=O) groups is 1. The minimum absolute atomic E-state index is 0.0325. The van der Waals surface area contributed by atoms with Crippen molar-refractivity contribution in [3.05, 3.63) is 59.5 Å². The van der Waals surface area contributed by atoms with Crippen LogP contribution in [-0.2, 0) is 10.0 Å². The number of fused-ring (bicyclic) bond motifs is 1. The van der Waals surface area contributed by atoms with Gasteiger partial charge in [0.05, 0.1) is 15.5 Å².